The van der Waals surface area contributed by atoms with E-state index >= 15 is 0 Å². The van der Waals surface area contributed by atoms with Crippen molar-refractivity contribution in [3.63, 3.8) is 0 Å². The van der Waals surface area contributed by atoms with Crippen molar-refractivity contribution >= 4 is 29.6 Å². The van der Waals surface area contributed by atoms with Crippen LogP contribution in [-0.4, -0.2) is 72.1 Å². The molecule has 1 atom stereocenters. The quantitative estimate of drug-likeness (QED) is 0.708. The topological polar surface area (TPSA) is 99.2 Å². The van der Waals surface area contributed by atoms with Crippen LogP contribution in [0.1, 0.15) is 15.9 Å². The molecule has 1 heterocycles. The van der Waals surface area contributed by atoms with Gasteiger partial charge in [-0.15, -0.1) is 0 Å². The van der Waals surface area contributed by atoms with E-state index in [1.165, 1.54) is 6.07 Å². The SMILES string of the molecule is CN1CCN(C(=O)Oc2ccc(CC(NC(=O)c3ccccc3Cl)C(=O)O)cc2)CC1. The average Bonchev–Trinajstić information content (AvgIpc) is 2.75. The van der Waals surface area contributed by atoms with Crippen molar-refractivity contribution in [3.05, 3.63) is 64.7 Å². The zero-order valence-corrected chi connectivity index (χ0v) is 17.8. The number of nitrogens with zero attached hydrogens (tertiary/aromatic N) is 2. The number of carboxylic acid groups (broad SMARTS) is 1. The number of carbonyl (C=O) groups excluding carboxylic acids is 2. The summed E-state index contributed by atoms with van der Waals surface area (Å²) in [5.41, 5.74) is 0.882. The molecule has 3 rings (SSSR count). The summed E-state index contributed by atoms with van der Waals surface area (Å²) >= 11 is 6.01. The second kappa shape index (κ2) is 10.3. The Balaban J connectivity index is 1.59. The molecule has 1 aliphatic heterocycles. The van der Waals surface area contributed by atoms with Gasteiger partial charge in [-0.25, -0.2) is 9.59 Å². The molecule has 0 aliphatic carbocycles. The van der Waals surface area contributed by atoms with E-state index in [0.29, 0.717) is 24.4 Å². The molecule has 31 heavy (non-hydrogen) atoms. The standard InChI is InChI=1S/C22H24ClN3O5/c1-25-10-12-26(13-11-25)22(30)31-16-8-6-15(7-9-16)14-19(21(28)29)24-20(27)17-4-2-3-5-18(17)23/h2-9,19H,10-14H2,1H3,(H,24,27)(H,28,29). The summed E-state index contributed by atoms with van der Waals surface area (Å²) in [4.78, 5) is 40.1. The van der Waals surface area contributed by atoms with Crippen molar-refractivity contribution in [2.24, 2.45) is 0 Å². The molecule has 9 heteroatoms. The second-order valence-electron chi connectivity index (χ2n) is 7.35. The molecule has 164 valence electrons. The van der Waals surface area contributed by atoms with Gasteiger partial charge in [-0.1, -0.05) is 35.9 Å². The van der Waals surface area contributed by atoms with Crippen LogP contribution >= 0.6 is 11.6 Å². The third kappa shape index (κ3) is 6.19. The Labute approximate surface area is 185 Å². The van der Waals surface area contributed by atoms with E-state index in [2.05, 4.69) is 10.2 Å². The summed E-state index contributed by atoms with van der Waals surface area (Å²) in [5.74, 6) is -1.35. The molecule has 8 nitrogen and oxygen atoms in total. The van der Waals surface area contributed by atoms with E-state index < -0.39 is 24.0 Å². The van der Waals surface area contributed by atoms with Crippen LogP contribution < -0.4 is 10.1 Å². The largest absolute Gasteiger partial charge is 0.480 e. The summed E-state index contributed by atoms with van der Waals surface area (Å²) in [5, 5.41) is 12.3. The maximum absolute atomic E-state index is 12.4. The van der Waals surface area contributed by atoms with Crippen LogP contribution in [0.3, 0.4) is 0 Å². The number of hydrogen-bond donors (Lipinski definition) is 2. The van der Waals surface area contributed by atoms with Gasteiger partial charge in [0, 0.05) is 32.6 Å². The molecule has 0 saturated carbocycles. The van der Waals surface area contributed by atoms with E-state index in [4.69, 9.17) is 16.3 Å². The van der Waals surface area contributed by atoms with E-state index in [0.717, 1.165) is 13.1 Å². The highest BCUT2D eigenvalue weighted by molar-refractivity contribution is 6.33. The maximum atomic E-state index is 12.4. The summed E-state index contributed by atoms with van der Waals surface area (Å²) in [6, 6.07) is 11.9. The Bertz CT molecular complexity index is 942. The first-order valence-corrected chi connectivity index (χ1v) is 10.2. The molecule has 1 aliphatic rings. The van der Waals surface area contributed by atoms with Gasteiger partial charge < -0.3 is 25.0 Å². The minimum atomic E-state index is -1.16. The van der Waals surface area contributed by atoms with E-state index in [-0.39, 0.29) is 17.0 Å². The average molecular weight is 446 g/mol. The van der Waals surface area contributed by atoms with Gasteiger partial charge in [0.15, 0.2) is 0 Å². The number of benzene rings is 2. The lowest BCUT2D eigenvalue weighted by Gasteiger charge is -2.31. The predicted molar refractivity (Wildman–Crippen MR) is 116 cm³/mol. The summed E-state index contributed by atoms with van der Waals surface area (Å²) in [6.45, 7) is 2.81. The predicted octanol–water partition coefficient (Wildman–Crippen LogP) is 2.51. The van der Waals surface area contributed by atoms with Crippen LogP contribution in [0.15, 0.2) is 48.5 Å². The normalized spacial score (nSPS) is 15.2. The molecule has 2 N–H and O–H groups in total. The van der Waals surface area contributed by atoms with Crippen LogP contribution in [0.2, 0.25) is 5.02 Å². The third-order valence-corrected chi connectivity index (χ3v) is 5.38. The fourth-order valence-electron chi connectivity index (χ4n) is 3.17. The highest BCUT2D eigenvalue weighted by Gasteiger charge is 2.23. The first-order valence-electron chi connectivity index (χ1n) is 9.86. The van der Waals surface area contributed by atoms with Crippen LogP contribution in [0.25, 0.3) is 0 Å². The Morgan fingerprint density at radius 1 is 1.06 bits per heavy atom. The van der Waals surface area contributed by atoms with Crippen LogP contribution in [0.5, 0.6) is 5.75 Å². The van der Waals surface area contributed by atoms with Gasteiger partial charge in [-0.05, 0) is 36.9 Å². The van der Waals surface area contributed by atoms with Gasteiger partial charge in [-0.3, -0.25) is 4.79 Å². The van der Waals surface area contributed by atoms with Crippen molar-refractivity contribution in [2.75, 3.05) is 33.2 Å². The molecule has 0 bridgehead atoms. The van der Waals surface area contributed by atoms with Gasteiger partial charge in [0.05, 0.1) is 10.6 Å². The van der Waals surface area contributed by atoms with Gasteiger partial charge in [0.2, 0.25) is 0 Å². The fraction of sp³-hybridized carbons (Fsp3) is 0.318. The summed E-state index contributed by atoms with van der Waals surface area (Å²) < 4.78 is 5.40. The summed E-state index contributed by atoms with van der Waals surface area (Å²) in [7, 11) is 2.00. The molecule has 2 aromatic carbocycles. The highest BCUT2D eigenvalue weighted by Crippen LogP contribution is 2.17. The Morgan fingerprint density at radius 2 is 1.71 bits per heavy atom. The van der Waals surface area contributed by atoms with E-state index in [1.807, 2.05) is 7.05 Å². The van der Waals surface area contributed by atoms with Gasteiger partial charge in [0.1, 0.15) is 11.8 Å². The minimum Gasteiger partial charge on any atom is -0.480 e. The molecule has 2 aromatic rings. The van der Waals surface area contributed by atoms with Gasteiger partial charge >= 0.3 is 12.1 Å². The second-order valence-corrected chi connectivity index (χ2v) is 7.76. The number of aliphatic carboxylic acids is 1. The monoisotopic (exact) mass is 445 g/mol. The smallest absolute Gasteiger partial charge is 0.415 e. The molecule has 0 spiro atoms. The maximum Gasteiger partial charge on any atom is 0.415 e. The van der Waals surface area contributed by atoms with Crippen molar-refractivity contribution in [3.8, 4) is 5.75 Å². The van der Waals surface area contributed by atoms with E-state index in [9.17, 15) is 19.5 Å². The number of hydrogen-bond acceptors (Lipinski definition) is 5. The molecular weight excluding hydrogens is 422 g/mol. The lowest BCUT2D eigenvalue weighted by Crippen LogP contribution is -2.48. The Morgan fingerprint density at radius 3 is 2.32 bits per heavy atom. The number of halogens is 1. The Hall–Kier alpha value is -3.10. The first-order chi connectivity index (χ1) is 14.8. The zero-order chi connectivity index (χ0) is 22.4. The molecule has 0 aromatic heterocycles. The number of carbonyl (C=O) groups is 3. The number of likely N-dealkylation sites (N-methyl/N-ethyl adjacent to an activating group) is 1. The van der Waals surface area contributed by atoms with Gasteiger partial charge in [-0.2, -0.15) is 0 Å². The van der Waals surface area contributed by atoms with Crippen LogP contribution in [0.4, 0.5) is 4.79 Å². The third-order valence-electron chi connectivity index (χ3n) is 5.05. The zero-order valence-electron chi connectivity index (χ0n) is 17.1. The highest BCUT2D eigenvalue weighted by atomic mass is 35.5. The van der Waals surface area contributed by atoms with Crippen molar-refractivity contribution in [2.45, 2.75) is 12.5 Å². The number of nitrogens with one attached hydrogen (secondary N) is 1. The Kier molecular flexibility index (Phi) is 7.49. The molecular formula is C22H24ClN3O5. The number of piperazine rings is 1. The fourth-order valence-corrected chi connectivity index (χ4v) is 3.39. The van der Waals surface area contributed by atoms with Crippen molar-refractivity contribution in [1.82, 2.24) is 15.1 Å². The lowest BCUT2D eigenvalue weighted by molar-refractivity contribution is -0.139. The van der Waals surface area contributed by atoms with E-state index in [1.54, 1.807) is 47.4 Å². The molecule has 2 amide bonds. The summed E-state index contributed by atoms with van der Waals surface area (Å²) in [6.07, 6.45) is -0.339. The lowest BCUT2D eigenvalue weighted by atomic mass is 10.1. The first kappa shape index (κ1) is 22.6. The number of amides is 2. The minimum absolute atomic E-state index is 0.0677. The number of ether oxygens (including phenoxy) is 1. The number of carboxylic acids is 1. The van der Waals surface area contributed by atoms with Gasteiger partial charge in [0.25, 0.3) is 5.91 Å². The van der Waals surface area contributed by atoms with Crippen LogP contribution in [0, 0.1) is 0 Å². The molecule has 1 fully saturated rings. The number of rotatable bonds is 6. The van der Waals surface area contributed by atoms with Crippen molar-refractivity contribution < 1.29 is 24.2 Å². The molecule has 0 radical (unpaired) electrons. The van der Waals surface area contributed by atoms with Crippen molar-refractivity contribution in [1.29, 1.82) is 0 Å². The molecule has 1 unspecified atom stereocenters. The van der Waals surface area contributed by atoms with Crippen LogP contribution in [-0.2, 0) is 11.2 Å². The molecule has 1 saturated heterocycles.